The molecule has 0 radical (unpaired) electrons. The summed E-state index contributed by atoms with van der Waals surface area (Å²) in [6.07, 6.45) is 3.30. The van der Waals surface area contributed by atoms with Gasteiger partial charge in [0.15, 0.2) is 0 Å². The van der Waals surface area contributed by atoms with Gasteiger partial charge in [0.05, 0.1) is 6.33 Å². The lowest BCUT2D eigenvalue weighted by molar-refractivity contribution is 0.743. The van der Waals surface area contributed by atoms with Crippen molar-refractivity contribution >= 4 is 0 Å². The van der Waals surface area contributed by atoms with Crippen molar-refractivity contribution < 1.29 is 0 Å². The molecule has 0 saturated heterocycles. The van der Waals surface area contributed by atoms with Crippen LogP contribution in [0.4, 0.5) is 0 Å². The van der Waals surface area contributed by atoms with Crippen LogP contribution in [-0.2, 0) is 13.1 Å². The average molecular weight is 229 g/mol. The normalized spacial score (nSPS) is 10.5. The number of aromatic nitrogens is 2. The summed E-state index contributed by atoms with van der Waals surface area (Å²) in [7, 11) is 0. The molecule has 88 valence electrons. The second-order valence-electron chi connectivity index (χ2n) is 4.07. The van der Waals surface area contributed by atoms with Gasteiger partial charge in [0.2, 0.25) is 0 Å². The number of hydrogen-bond donors (Lipinski definition) is 1. The Morgan fingerprint density at radius 3 is 2.65 bits per heavy atom. The van der Waals surface area contributed by atoms with Crippen LogP contribution in [0.25, 0.3) is 0 Å². The van der Waals surface area contributed by atoms with Gasteiger partial charge in [-0.05, 0) is 12.5 Å². The van der Waals surface area contributed by atoms with E-state index in [-0.39, 0.29) is 12.1 Å². The summed E-state index contributed by atoms with van der Waals surface area (Å²) >= 11 is 0. The number of nitrogens with zero attached hydrogens (tertiary/aromatic N) is 2. The Morgan fingerprint density at radius 2 is 2.00 bits per heavy atom. The summed E-state index contributed by atoms with van der Waals surface area (Å²) in [5.41, 5.74) is 8.18. The highest BCUT2D eigenvalue weighted by Crippen LogP contribution is 2.05. The molecule has 1 aromatic heterocycles. The van der Waals surface area contributed by atoms with Crippen molar-refractivity contribution in [3.63, 3.8) is 0 Å². The van der Waals surface area contributed by atoms with Crippen molar-refractivity contribution in [2.45, 2.75) is 20.0 Å². The smallest absolute Gasteiger partial charge is 0.277 e. The maximum absolute atomic E-state index is 11.3. The highest BCUT2D eigenvalue weighted by molar-refractivity contribution is 5.21. The van der Waals surface area contributed by atoms with Gasteiger partial charge in [0.25, 0.3) is 5.56 Å². The molecule has 0 aliphatic carbocycles. The third kappa shape index (κ3) is 2.79. The predicted molar refractivity (Wildman–Crippen MR) is 66.7 cm³/mol. The standard InChI is InChI=1S/C13H15N3O/c1-10-2-4-11(5-3-10)7-16-8-12(6-14)13(17)15-9-16/h2-5,8-9H,6-7,14H2,1H3. The van der Waals surface area contributed by atoms with Crippen molar-refractivity contribution in [3.8, 4) is 0 Å². The Morgan fingerprint density at radius 1 is 1.29 bits per heavy atom. The van der Waals surface area contributed by atoms with Crippen LogP contribution in [0.5, 0.6) is 0 Å². The fraction of sp³-hybridized carbons (Fsp3) is 0.231. The number of benzene rings is 1. The molecule has 0 atom stereocenters. The van der Waals surface area contributed by atoms with Gasteiger partial charge in [0, 0.05) is 24.8 Å². The zero-order valence-electron chi connectivity index (χ0n) is 9.76. The van der Waals surface area contributed by atoms with Crippen molar-refractivity contribution in [1.29, 1.82) is 0 Å². The molecule has 4 heteroatoms. The molecule has 0 bridgehead atoms. The van der Waals surface area contributed by atoms with Crippen LogP contribution < -0.4 is 11.3 Å². The Labute approximate surface area is 99.7 Å². The van der Waals surface area contributed by atoms with Crippen LogP contribution in [0.1, 0.15) is 16.7 Å². The Hall–Kier alpha value is -1.94. The van der Waals surface area contributed by atoms with Crippen LogP contribution in [0.15, 0.2) is 41.6 Å². The molecule has 0 fully saturated rings. The van der Waals surface area contributed by atoms with Crippen LogP contribution in [0, 0.1) is 6.92 Å². The van der Waals surface area contributed by atoms with Gasteiger partial charge in [0.1, 0.15) is 0 Å². The first kappa shape index (κ1) is 11.5. The first-order valence-electron chi connectivity index (χ1n) is 5.49. The van der Waals surface area contributed by atoms with Crippen molar-refractivity contribution in [3.05, 3.63) is 63.8 Å². The lowest BCUT2D eigenvalue weighted by Crippen LogP contribution is -2.19. The average Bonchev–Trinajstić information content (AvgIpc) is 2.34. The fourth-order valence-corrected chi connectivity index (χ4v) is 1.63. The highest BCUT2D eigenvalue weighted by Gasteiger charge is 2.00. The van der Waals surface area contributed by atoms with E-state index >= 15 is 0 Å². The van der Waals surface area contributed by atoms with Gasteiger partial charge in [-0.2, -0.15) is 4.98 Å². The quantitative estimate of drug-likeness (QED) is 0.856. The van der Waals surface area contributed by atoms with Crippen molar-refractivity contribution in [1.82, 2.24) is 9.55 Å². The molecule has 0 saturated carbocycles. The summed E-state index contributed by atoms with van der Waals surface area (Å²) in [5.74, 6) is 0. The molecule has 0 amide bonds. The predicted octanol–water partition coefficient (Wildman–Crippen LogP) is 1.06. The number of aryl methyl sites for hydroxylation is 1. The lowest BCUT2D eigenvalue weighted by atomic mass is 10.1. The van der Waals surface area contributed by atoms with Gasteiger partial charge in [-0.1, -0.05) is 29.8 Å². The molecule has 0 aliphatic rings. The first-order valence-corrected chi connectivity index (χ1v) is 5.49. The van der Waals surface area contributed by atoms with Crippen LogP contribution in [-0.4, -0.2) is 9.55 Å². The maximum atomic E-state index is 11.3. The van der Waals surface area contributed by atoms with E-state index in [9.17, 15) is 4.79 Å². The molecule has 4 nitrogen and oxygen atoms in total. The molecule has 0 spiro atoms. The van der Waals surface area contributed by atoms with Crippen molar-refractivity contribution in [2.75, 3.05) is 0 Å². The van der Waals surface area contributed by atoms with E-state index in [1.54, 1.807) is 12.5 Å². The molecule has 0 unspecified atom stereocenters. The monoisotopic (exact) mass is 229 g/mol. The minimum Gasteiger partial charge on any atom is -0.334 e. The topological polar surface area (TPSA) is 60.9 Å². The van der Waals surface area contributed by atoms with Crippen LogP contribution in [0.2, 0.25) is 0 Å². The summed E-state index contributed by atoms with van der Waals surface area (Å²) in [6, 6.07) is 8.26. The van der Waals surface area contributed by atoms with Gasteiger partial charge < -0.3 is 10.3 Å². The number of hydrogen-bond acceptors (Lipinski definition) is 3. The van der Waals surface area contributed by atoms with Gasteiger partial charge in [-0.3, -0.25) is 4.79 Å². The third-order valence-electron chi connectivity index (χ3n) is 2.63. The van der Waals surface area contributed by atoms with Crippen LogP contribution in [0.3, 0.4) is 0 Å². The molecule has 0 aliphatic heterocycles. The van der Waals surface area contributed by atoms with Crippen LogP contribution >= 0.6 is 0 Å². The zero-order chi connectivity index (χ0) is 12.3. The largest absolute Gasteiger partial charge is 0.334 e. The van der Waals surface area contributed by atoms with E-state index in [1.807, 2.05) is 4.57 Å². The van der Waals surface area contributed by atoms with Gasteiger partial charge in [-0.25, -0.2) is 0 Å². The molecule has 1 heterocycles. The summed E-state index contributed by atoms with van der Waals surface area (Å²) in [4.78, 5) is 15.1. The van der Waals surface area contributed by atoms with E-state index in [4.69, 9.17) is 5.73 Å². The molecule has 2 N–H and O–H groups in total. The maximum Gasteiger partial charge on any atom is 0.277 e. The Balaban J connectivity index is 2.24. The third-order valence-corrected chi connectivity index (χ3v) is 2.63. The molecule has 1 aromatic carbocycles. The van der Waals surface area contributed by atoms with E-state index < -0.39 is 0 Å². The Bertz CT molecular complexity index is 558. The number of nitrogens with two attached hydrogens (primary N) is 1. The van der Waals surface area contributed by atoms with E-state index in [0.29, 0.717) is 12.1 Å². The molecule has 2 rings (SSSR count). The summed E-state index contributed by atoms with van der Waals surface area (Å²) in [5, 5.41) is 0. The van der Waals surface area contributed by atoms with Gasteiger partial charge >= 0.3 is 0 Å². The van der Waals surface area contributed by atoms with E-state index in [1.165, 1.54) is 11.1 Å². The van der Waals surface area contributed by atoms with Crippen molar-refractivity contribution in [2.24, 2.45) is 5.73 Å². The number of rotatable bonds is 3. The molecular weight excluding hydrogens is 214 g/mol. The summed E-state index contributed by atoms with van der Waals surface area (Å²) in [6.45, 7) is 2.97. The van der Waals surface area contributed by atoms with E-state index in [2.05, 4.69) is 36.2 Å². The molecule has 17 heavy (non-hydrogen) atoms. The minimum absolute atomic E-state index is 0.223. The lowest BCUT2D eigenvalue weighted by Gasteiger charge is -2.07. The highest BCUT2D eigenvalue weighted by atomic mass is 16.1. The fourth-order valence-electron chi connectivity index (χ4n) is 1.63. The Kier molecular flexibility index (Phi) is 3.35. The van der Waals surface area contributed by atoms with Gasteiger partial charge in [-0.15, -0.1) is 0 Å². The second-order valence-corrected chi connectivity index (χ2v) is 4.07. The molecular formula is C13H15N3O. The first-order chi connectivity index (χ1) is 8.19. The molecule has 2 aromatic rings. The summed E-state index contributed by atoms with van der Waals surface area (Å²) < 4.78 is 1.87. The SMILES string of the molecule is Cc1ccc(Cn2cnc(=O)c(CN)c2)cc1. The minimum atomic E-state index is -0.243. The van der Waals surface area contributed by atoms with E-state index in [0.717, 1.165) is 0 Å². The zero-order valence-corrected chi connectivity index (χ0v) is 9.76. The second kappa shape index (κ2) is 4.93.